The Balaban J connectivity index is 1.47. The van der Waals surface area contributed by atoms with E-state index < -0.39 is 36.2 Å². The fourth-order valence-corrected chi connectivity index (χ4v) is 2.89. The summed E-state index contributed by atoms with van der Waals surface area (Å²) < 4.78 is 10.6. The molecule has 1 aliphatic rings. The molecule has 0 unspecified atom stereocenters. The van der Waals surface area contributed by atoms with Crippen molar-refractivity contribution < 1.29 is 28.4 Å². The highest BCUT2D eigenvalue weighted by Crippen LogP contribution is 2.18. The van der Waals surface area contributed by atoms with Gasteiger partial charge in [-0.25, -0.2) is 0 Å². The third kappa shape index (κ3) is 5.41. The lowest BCUT2D eigenvalue weighted by molar-refractivity contribution is -0.151. The number of anilines is 1. The quantitative estimate of drug-likeness (QED) is 0.617. The summed E-state index contributed by atoms with van der Waals surface area (Å²) in [5.74, 6) is -2.23. The first kappa shape index (κ1) is 20.5. The van der Waals surface area contributed by atoms with E-state index in [1.165, 1.54) is 6.07 Å². The molecular formula is C18H17BrN4O6. The van der Waals surface area contributed by atoms with Gasteiger partial charge in [0.05, 0.1) is 12.5 Å². The second-order valence-electron chi connectivity index (χ2n) is 6.33. The van der Waals surface area contributed by atoms with Gasteiger partial charge in [0.15, 0.2) is 12.4 Å². The fourth-order valence-electron chi connectivity index (χ4n) is 2.62. The van der Waals surface area contributed by atoms with Crippen molar-refractivity contribution in [1.82, 2.24) is 15.6 Å². The van der Waals surface area contributed by atoms with E-state index >= 15 is 0 Å². The van der Waals surface area contributed by atoms with Crippen molar-refractivity contribution in [2.75, 3.05) is 18.5 Å². The average Bonchev–Trinajstić information content (AvgIpc) is 3.25. The zero-order valence-corrected chi connectivity index (χ0v) is 16.9. The van der Waals surface area contributed by atoms with Crippen molar-refractivity contribution in [3.8, 4) is 0 Å². The number of carbonyl (C=O) groups is 4. The molecule has 1 aromatic heterocycles. The number of aromatic nitrogens is 1. The van der Waals surface area contributed by atoms with Gasteiger partial charge >= 0.3 is 5.97 Å². The van der Waals surface area contributed by atoms with Gasteiger partial charge in [0.2, 0.25) is 5.91 Å². The second-order valence-corrected chi connectivity index (χ2v) is 7.25. The molecule has 10 nitrogen and oxygen atoms in total. The van der Waals surface area contributed by atoms with E-state index in [0.717, 1.165) is 9.48 Å². The van der Waals surface area contributed by atoms with Crippen LogP contribution in [0.5, 0.6) is 0 Å². The summed E-state index contributed by atoms with van der Waals surface area (Å²) in [5.41, 5.74) is 2.84. The molecule has 1 saturated heterocycles. The molecule has 29 heavy (non-hydrogen) atoms. The number of carbonyl (C=O) groups excluding carboxylic acids is 4. The predicted molar refractivity (Wildman–Crippen MR) is 102 cm³/mol. The Labute approximate surface area is 173 Å². The molecule has 0 bridgehead atoms. The first-order chi connectivity index (χ1) is 13.8. The third-order valence-electron chi connectivity index (χ3n) is 4.04. The molecular weight excluding hydrogens is 448 g/mol. The Morgan fingerprint density at radius 2 is 2.03 bits per heavy atom. The molecule has 2 N–H and O–H groups in total. The maximum Gasteiger partial charge on any atom is 0.311 e. The zero-order valence-electron chi connectivity index (χ0n) is 15.3. The van der Waals surface area contributed by atoms with Crippen LogP contribution in [-0.2, 0) is 19.1 Å². The van der Waals surface area contributed by atoms with Crippen molar-refractivity contribution in [2.24, 2.45) is 5.92 Å². The number of rotatable bonds is 6. The summed E-state index contributed by atoms with van der Waals surface area (Å²) in [7, 11) is 0. The van der Waals surface area contributed by atoms with Crippen LogP contribution < -0.4 is 10.7 Å². The third-order valence-corrected chi connectivity index (χ3v) is 4.57. The molecule has 1 aromatic carbocycles. The minimum absolute atomic E-state index is 0.0377. The number of nitrogens with zero attached hydrogens (tertiary/aromatic N) is 2. The smallest absolute Gasteiger partial charge is 0.311 e. The molecule has 0 aliphatic carbocycles. The zero-order chi connectivity index (χ0) is 21.0. The normalized spacial score (nSPS) is 15.9. The van der Waals surface area contributed by atoms with Crippen molar-refractivity contribution in [1.29, 1.82) is 0 Å². The van der Waals surface area contributed by atoms with Crippen LogP contribution in [0.2, 0.25) is 0 Å². The van der Waals surface area contributed by atoms with Gasteiger partial charge in [0.25, 0.3) is 11.8 Å². The maximum absolute atomic E-state index is 12.2. The Morgan fingerprint density at radius 3 is 2.69 bits per heavy atom. The second kappa shape index (κ2) is 8.86. The standard InChI is InChI=1S/C18H17BrN4O6/c1-10-6-14(22-29-10)20-15(24)9-28-18(27)12-7-16(25)23(8-12)21-17(26)11-2-4-13(19)5-3-11/h2-6,12H,7-9H2,1H3,(H,21,26)(H,20,22,24)/t12-/m1/s1. The van der Waals surface area contributed by atoms with Crippen LogP contribution in [-0.4, -0.2) is 47.0 Å². The van der Waals surface area contributed by atoms with Gasteiger partial charge in [-0.1, -0.05) is 21.1 Å². The van der Waals surface area contributed by atoms with Crippen molar-refractivity contribution in [3.63, 3.8) is 0 Å². The van der Waals surface area contributed by atoms with Crippen molar-refractivity contribution >= 4 is 45.4 Å². The Morgan fingerprint density at radius 1 is 1.31 bits per heavy atom. The van der Waals surface area contributed by atoms with E-state index in [1.54, 1.807) is 31.2 Å². The van der Waals surface area contributed by atoms with Crippen LogP contribution in [0.15, 0.2) is 39.3 Å². The monoisotopic (exact) mass is 464 g/mol. The summed E-state index contributed by atoms with van der Waals surface area (Å²) in [6.45, 7) is 1.10. The molecule has 1 fully saturated rings. The first-order valence-corrected chi connectivity index (χ1v) is 9.38. The summed E-state index contributed by atoms with van der Waals surface area (Å²) in [5, 5.41) is 7.09. The number of aryl methyl sites for hydroxylation is 1. The Hall–Kier alpha value is -3.21. The number of nitrogens with one attached hydrogen (secondary N) is 2. The van der Waals surface area contributed by atoms with Crippen LogP contribution in [0, 0.1) is 12.8 Å². The SMILES string of the molecule is Cc1cc(NC(=O)COC(=O)[C@@H]2CC(=O)N(NC(=O)c3ccc(Br)cc3)C2)no1. The molecule has 0 spiro atoms. The van der Waals surface area contributed by atoms with E-state index in [4.69, 9.17) is 9.26 Å². The lowest BCUT2D eigenvalue weighted by Gasteiger charge is -2.17. The van der Waals surface area contributed by atoms with Crippen molar-refractivity contribution in [2.45, 2.75) is 13.3 Å². The summed E-state index contributed by atoms with van der Waals surface area (Å²) in [6.07, 6.45) is -0.121. The molecule has 2 heterocycles. The van der Waals surface area contributed by atoms with Crippen LogP contribution >= 0.6 is 15.9 Å². The number of esters is 1. The van der Waals surface area contributed by atoms with E-state index in [2.05, 4.69) is 31.8 Å². The molecule has 0 saturated carbocycles. The van der Waals surface area contributed by atoms with E-state index in [9.17, 15) is 19.2 Å². The first-order valence-electron chi connectivity index (χ1n) is 8.58. The van der Waals surface area contributed by atoms with Gasteiger partial charge < -0.3 is 14.6 Å². The maximum atomic E-state index is 12.2. The molecule has 152 valence electrons. The Kier molecular flexibility index (Phi) is 6.27. The van der Waals surface area contributed by atoms with Crippen LogP contribution in [0.25, 0.3) is 0 Å². The van der Waals surface area contributed by atoms with Crippen LogP contribution in [0.4, 0.5) is 5.82 Å². The van der Waals surface area contributed by atoms with Crippen molar-refractivity contribution in [3.05, 3.63) is 46.1 Å². The number of hydrazine groups is 1. The van der Waals surface area contributed by atoms with Gasteiger partial charge in [-0.05, 0) is 31.2 Å². The molecule has 0 radical (unpaired) electrons. The van der Waals surface area contributed by atoms with Gasteiger partial charge in [-0.3, -0.25) is 29.6 Å². The number of ether oxygens (including phenoxy) is 1. The van der Waals surface area contributed by atoms with Gasteiger partial charge in [-0.15, -0.1) is 0 Å². The van der Waals surface area contributed by atoms with Gasteiger partial charge in [0, 0.05) is 22.5 Å². The summed E-state index contributed by atoms with van der Waals surface area (Å²) >= 11 is 3.28. The van der Waals surface area contributed by atoms with E-state index in [1.807, 2.05) is 0 Å². The number of halogens is 1. The number of amides is 3. The molecule has 3 rings (SSSR count). The van der Waals surface area contributed by atoms with Gasteiger partial charge in [-0.2, -0.15) is 0 Å². The topological polar surface area (TPSA) is 131 Å². The van der Waals surface area contributed by atoms with Crippen LogP contribution in [0.3, 0.4) is 0 Å². The highest BCUT2D eigenvalue weighted by Gasteiger charge is 2.36. The molecule has 3 amide bonds. The Bertz CT molecular complexity index is 942. The van der Waals surface area contributed by atoms with Gasteiger partial charge in [0.1, 0.15) is 5.76 Å². The molecule has 2 aromatic rings. The average molecular weight is 465 g/mol. The summed E-state index contributed by atoms with van der Waals surface area (Å²) in [4.78, 5) is 48.3. The molecule has 1 atom stereocenters. The summed E-state index contributed by atoms with van der Waals surface area (Å²) in [6, 6.07) is 8.11. The lowest BCUT2D eigenvalue weighted by Crippen LogP contribution is -2.43. The minimum atomic E-state index is -0.783. The number of hydrogen-bond acceptors (Lipinski definition) is 7. The highest BCUT2D eigenvalue weighted by molar-refractivity contribution is 9.10. The predicted octanol–water partition coefficient (Wildman–Crippen LogP) is 1.42. The largest absolute Gasteiger partial charge is 0.455 e. The fraction of sp³-hybridized carbons (Fsp3) is 0.278. The number of hydrogen-bond donors (Lipinski definition) is 2. The van der Waals surface area contributed by atoms with E-state index in [-0.39, 0.29) is 18.8 Å². The molecule has 1 aliphatic heterocycles. The number of benzene rings is 1. The lowest BCUT2D eigenvalue weighted by atomic mass is 10.1. The van der Waals surface area contributed by atoms with E-state index in [0.29, 0.717) is 11.3 Å². The highest BCUT2D eigenvalue weighted by atomic mass is 79.9. The minimum Gasteiger partial charge on any atom is -0.455 e. The molecule has 11 heteroatoms. The van der Waals surface area contributed by atoms with Crippen LogP contribution in [0.1, 0.15) is 22.5 Å².